The molecule has 1 N–H and O–H groups in total. The van der Waals surface area contributed by atoms with Crippen molar-refractivity contribution in [2.45, 2.75) is 33.1 Å². The summed E-state index contributed by atoms with van der Waals surface area (Å²) >= 11 is 5.72. The lowest BCUT2D eigenvalue weighted by molar-refractivity contribution is 0.486. The summed E-state index contributed by atoms with van der Waals surface area (Å²) in [6.45, 7) is 6.37. The minimum atomic E-state index is -0.189. The third-order valence-corrected chi connectivity index (χ3v) is 3.06. The number of halogens is 2. The fraction of sp³-hybridized carbons (Fsp3) is 0.571. The summed E-state index contributed by atoms with van der Waals surface area (Å²) in [5, 5.41) is 3.82. The molecule has 1 nitrogen and oxygen atoms in total. The van der Waals surface area contributed by atoms with Crippen LogP contribution in [-0.4, -0.2) is 13.1 Å². The van der Waals surface area contributed by atoms with Crippen LogP contribution in [0.2, 0.25) is 5.02 Å². The van der Waals surface area contributed by atoms with Crippen LogP contribution in [0.1, 0.15) is 32.3 Å². The van der Waals surface area contributed by atoms with Gasteiger partial charge in [0, 0.05) is 5.02 Å². The summed E-state index contributed by atoms with van der Waals surface area (Å²) in [4.78, 5) is 0. The average molecular weight is 258 g/mol. The zero-order chi connectivity index (χ0) is 12.7. The van der Waals surface area contributed by atoms with Gasteiger partial charge in [-0.05, 0) is 56.0 Å². The summed E-state index contributed by atoms with van der Waals surface area (Å²) in [6, 6.07) is 4.93. The molecule has 0 saturated heterocycles. The van der Waals surface area contributed by atoms with Crippen LogP contribution in [-0.2, 0) is 6.42 Å². The van der Waals surface area contributed by atoms with Crippen molar-refractivity contribution in [3.63, 3.8) is 0 Å². The van der Waals surface area contributed by atoms with Gasteiger partial charge in [-0.3, -0.25) is 0 Å². The van der Waals surface area contributed by atoms with E-state index in [0.717, 1.165) is 37.9 Å². The molecule has 0 aliphatic heterocycles. The maximum Gasteiger partial charge on any atom is 0.127 e. The SMILES string of the molecule is CCCNCCC(C)Cc1ccc(Cl)cc1F. The van der Waals surface area contributed by atoms with Gasteiger partial charge in [-0.15, -0.1) is 0 Å². The third-order valence-electron chi connectivity index (χ3n) is 2.82. The molecule has 17 heavy (non-hydrogen) atoms. The van der Waals surface area contributed by atoms with Gasteiger partial charge in [0.1, 0.15) is 5.82 Å². The van der Waals surface area contributed by atoms with Crippen LogP contribution in [0, 0.1) is 11.7 Å². The standard InChI is InChI=1S/C14H21ClFN/c1-3-7-17-8-6-11(2)9-12-4-5-13(15)10-14(12)16/h4-5,10-11,17H,3,6-9H2,1-2H3. The topological polar surface area (TPSA) is 12.0 Å². The van der Waals surface area contributed by atoms with E-state index in [1.165, 1.54) is 6.07 Å². The van der Waals surface area contributed by atoms with E-state index in [9.17, 15) is 4.39 Å². The van der Waals surface area contributed by atoms with Crippen molar-refractivity contribution in [1.82, 2.24) is 5.32 Å². The number of rotatable bonds is 7. The van der Waals surface area contributed by atoms with Crippen LogP contribution >= 0.6 is 11.6 Å². The minimum Gasteiger partial charge on any atom is -0.317 e. The molecule has 3 heteroatoms. The molecule has 0 fully saturated rings. The molecule has 1 unspecified atom stereocenters. The molecule has 0 spiro atoms. The Kier molecular flexibility index (Phi) is 6.53. The molecule has 0 bridgehead atoms. The average Bonchev–Trinajstić information content (AvgIpc) is 2.28. The van der Waals surface area contributed by atoms with Gasteiger partial charge in [-0.1, -0.05) is 31.5 Å². The fourth-order valence-electron chi connectivity index (χ4n) is 1.81. The first-order valence-electron chi connectivity index (χ1n) is 6.28. The van der Waals surface area contributed by atoms with Crippen LogP contribution < -0.4 is 5.32 Å². The molecule has 0 saturated carbocycles. The van der Waals surface area contributed by atoms with E-state index in [-0.39, 0.29) is 5.82 Å². The maximum absolute atomic E-state index is 13.6. The Labute approximate surface area is 108 Å². The molecule has 1 aromatic carbocycles. The van der Waals surface area contributed by atoms with Crippen LogP contribution in [0.3, 0.4) is 0 Å². The second-order valence-electron chi connectivity index (χ2n) is 4.58. The lowest BCUT2D eigenvalue weighted by Gasteiger charge is -2.12. The molecule has 0 aliphatic carbocycles. The zero-order valence-electron chi connectivity index (χ0n) is 10.6. The molecule has 1 aromatic rings. The lowest BCUT2D eigenvalue weighted by atomic mass is 9.98. The Morgan fingerprint density at radius 3 is 2.76 bits per heavy atom. The molecule has 1 atom stereocenters. The zero-order valence-corrected chi connectivity index (χ0v) is 11.4. The highest BCUT2D eigenvalue weighted by Gasteiger charge is 2.08. The monoisotopic (exact) mass is 257 g/mol. The molecule has 0 amide bonds. The van der Waals surface area contributed by atoms with E-state index in [2.05, 4.69) is 19.2 Å². The van der Waals surface area contributed by atoms with Crippen molar-refractivity contribution in [2.24, 2.45) is 5.92 Å². The normalized spacial score (nSPS) is 12.7. The predicted molar refractivity (Wildman–Crippen MR) is 72.1 cm³/mol. The van der Waals surface area contributed by atoms with Gasteiger partial charge < -0.3 is 5.32 Å². The third kappa shape index (κ3) is 5.51. The number of hydrogen-bond donors (Lipinski definition) is 1. The largest absolute Gasteiger partial charge is 0.317 e. The number of nitrogens with one attached hydrogen (secondary N) is 1. The molecular weight excluding hydrogens is 237 g/mol. The predicted octanol–water partition coefficient (Wildman–Crippen LogP) is 4.05. The van der Waals surface area contributed by atoms with E-state index in [0.29, 0.717) is 10.9 Å². The Bertz CT molecular complexity index is 341. The molecule has 96 valence electrons. The number of hydrogen-bond acceptors (Lipinski definition) is 1. The van der Waals surface area contributed by atoms with Crippen molar-refractivity contribution >= 4 is 11.6 Å². The molecule has 0 aliphatic rings. The maximum atomic E-state index is 13.6. The van der Waals surface area contributed by atoms with Crippen LogP contribution in [0.15, 0.2) is 18.2 Å². The Morgan fingerprint density at radius 1 is 1.35 bits per heavy atom. The summed E-state index contributed by atoms with van der Waals surface area (Å²) < 4.78 is 13.6. The molecule has 1 rings (SSSR count). The smallest absolute Gasteiger partial charge is 0.127 e. The van der Waals surface area contributed by atoms with Gasteiger partial charge in [-0.25, -0.2) is 4.39 Å². The van der Waals surface area contributed by atoms with Crippen molar-refractivity contribution in [3.8, 4) is 0 Å². The second-order valence-corrected chi connectivity index (χ2v) is 5.02. The molecule has 0 heterocycles. The minimum absolute atomic E-state index is 0.189. The van der Waals surface area contributed by atoms with E-state index in [4.69, 9.17) is 11.6 Å². The first kappa shape index (κ1) is 14.5. The summed E-state index contributed by atoms with van der Waals surface area (Å²) in [6.07, 6.45) is 3.00. The van der Waals surface area contributed by atoms with Crippen LogP contribution in [0.25, 0.3) is 0 Å². The van der Waals surface area contributed by atoms with Crippen molar-refractivity contribution in [2.75, 3.05) is 13.1 Å². The fourth-order valence-corrected chi connectivity index (χ4v) is 1.97. The summed E-state index contributed by atoms with van der Waals surface area (Å²) in [7, 11) is 0. The van der Waals surface area contributed by atoms with E-state index >= 15 is 0 Å². The van der Waals surface area contributed by atoms with Gasteiger partial charge in [0.15, 0.2) is 0 Å². The van der Waals surface area contributed by atoms with Crippen LogP contribution in [0.4, 0.5) is 4.39 Å². The van der Waals surface area contributed by atoms with E-state index in [1.54, 1.807) is 12.1 Å². The van der Waals surface area contributed by atoms with Gasteiger partial charge in [-0.2, -0.15) is 0 Å². The highest BCUT2D eigenvalue weighted by atomic mass is 35.5. The first-order chi connectivity index (χ1) is 8.13. The first-order valence-corrected chi connectivity index (χ1v) is 6.66. The Hall–Kier alpha value is -0.600. The Balaban J connectivity index is 2.37. The van der Waals surface area contributed by atoms with E-state index in [1.807, 2.05) is 0 Å². The summed E-state index contributed by atoms with van der Waals surface area (Å²) in [5.74, 6) is 0.292. The second kappa shape index (κ2) is 7.67. The van der Waals surface area contributed by atoms with Crippen molar-refractivity contribution in [1.29, 1.82) is 0 Å². The quantitative estimate of drug-likeness (QED) is 0.727. The van der Waals surface area contributed by atoms with Gasteiger partial charge in [0.05, 0.1) is 0 Å². The number of benzene rings is 1. The lowest BCUT2D eigenvalue weighted by Crippen LogP contribution is -2.18. The Morgan fingerprint density at radius 2 is 2.12 bits per heavy atom. The van der Waals surface area contributed by atoms with Gasteiger partial charge in [0.25, 0.3) is 0 Å². The van der Waals surface area contributed by atoms with Crippen LogP contribution in [0.5, 0.6) is 0 Å². The molecule has 0 radical (unpaired) electrons. The van der Waals surface area contributed by atoms with Crippen molar-refractivity contribution in [3.05, 3.63) is 34.6 Å². The van der Waals surface area contributed by atoms with Crippen molar-refractivity contribution < 1.29 is 4.39 Å². The van der Waals surface area contributed by atoms with Gasteiger partial charge >= 0.3 is 0 Å². The molecule has 0 aromatic heterocycles. The highest BCUT2D eigenvalue weighted by molar-refractivity contribution is 6.30. The summed E-state index contributed by atoms with van der Waals surface area (Å²) in [5.41, 5.74) is 0.761. The molecular formula is C14H21ClFN. The highest BCUT2D eigenvalue weighted by Crippen LogP contribution is 2.18. The van der Waals surface area contributed by atoms with Gasteiger partial charge in [0.2, 0.25) is 0 Å². The van der Waals surface area contributed by atoms with E-state index < -0.39 is 0 Å².